The van der Waals surface area contributed by atoms with Crippen LogP contribution in [0.3, 0.4) is 0 Å². The van der Waals surface area contributed by atoms with E-state index in [1.165, 1.54) is 24.0 Å². The zero-order chi connectivity index (χ0) is 17.9. The predicted molar refractivity (Wildman–Crippen MR) is 89.7 cm³/mol. The van der Waals surface area contributed by atoms with Gasteiger partial charge in [0.1, 0.15) is 0 Å². The molecule has 2 aromatic rings. The maximum Gasteiger partial charge on any atom is 0.416 e. The summed E-state index contributed by atoms with van der Waals surface area (Å²) in [4.78, 5) is 16.2. The lowest BCUT2D eigenvalue weighted by Crippen LogP contribution is -2.33. The number of halogens is 3. The van der Waals surface area contributed by atoms with Crippen LogP contribution in [0.4, 0.5) is 13.2 Å². The summed E-state index contributed by atoms with van der Waals surface area (Å²) in [6.45, 7) is 0. The van der Waals surface area contributed by atoms with Crippen LogP contribution < -0.4 is 5.32 Å². The number of hydrogen-bond acceptors (Lipinski definition) is 3. The van der Waals surface area contributed by atoms with Crippen molar-refractivity contribution in [3.63, 3.8) is 0 Å². The van der Waals surface area contributed by atoms with Crippen molar-refractivity contribution in [2.45, 2.75) is 43.1 Å². The Labute approximate surface area is 147 Å². The van der Waals surface area contributed by atoms with Gasteiger partial charge in [0.2, 0.25) is 5.91 Å². The van der Waals surface area contributed by atoms with E-state index >= 15 is 0 Å². The highest BCUT2D eigenvalue weighted by Crippen LogP contribution is 2.31. The van der Waals surface area contributed by atoms with Crippen LogP contribution in [0, 0.1) is 0 Å². The Morgan fingerprint density at radius 2 is 2.08 bits per heavy atom. The zero-order valence-electron chi connectivity index (χ0n) is 13.4. The second-order valence-corrected chi connectivity index (χ2v) is 6.91. The van der Waals surface area contributed by atoms with Crippen LogP contribution >= 0.6 is 11.8 Å². The Morgan fingerprint density at radius 1 is 1.32 bits per heavy atom. The molecule has 1 fully saturated rings. The molecule has 0 bridgehead atoms. The van der Waals surface area contributed by atoms with Crippen molar-refractivity contribution in [2.24, 2.45) is 0 Å². The highest BCUT2D eigenvalue weighted by molar-refractivity contribution is 7.99. The van der Waals surface area contributed by atoms with Gasteiger partial charge in [0.05, 0.1) is 11.3 Å². The number of nitrogens with zero attached hydrogens (tertiary/aromatic N) is 2. The third-order valence-electron chi connectivity index (χ3n) is 4.11. The maximum absolute atomic E-state index is 12.9. The molecule has 0 radical (unpaired) electrons. The largest absolute Gasteiger partial charge is 0.416 e. The molecule has 8 heteroatoms. The Balaban J connectivity index is 1.67. The van der Waals surface area contributed by atoms with Crippen molar-refractivity contribution in [3.05, 3.63) is 42.2 Å². The quantitative estimate of drug-likeness (QED) is 0.809. The molecule has 1 N–H and O–H groups in total. The third kappa shape index (κ3) is 4.56. The van der Waals surface area contributed by atoms with Crippen LogP contribution in [0.15, 0.2) is 41.8 Å². The molecule has 0 atom stereocenters. The van der Waals surface area contributed by atoms with Gasteiger partial charge < -0.3 is 5.32 Å². The topological polar surface area (TPSA) is 46.9 Å². The molecule has 4 nitrogen and oxygen atoms in total. The van der Waals surface area contributed by atoms with Gasteiger partial charge in [-0.3, -0.25) is 9.36 Å². The van der Waals surface area contributed by atoms with E-state index in [0.717, 1.165) is 37.8 Å². The van der Waals surface area contributed by atoms with Gasteiger partial charge in [-0.25, -0.2) is 4.98 Å². The van der Waals surface area contributed by atoms with Crippen molar-refractivity contribution in [1.29, 1.82) is 0 Å². The summed E-state index contributed by atoms with van der Waals surface area (Å²) in [6, 6.07) is 5.29. The number of carbonyl (C=O) groups is 1. The SMILES string of the molecule is O=C(CSc1nccn1-c1cccc(C(F)(F)F)c1)NC1CCCC1. The lowest BCUT2D eigenvalue weighted by atomic mass is 10.2. The minimum atomic E-state index is -4.40. The summed E-state index contributed by atoms with van der Waals surface area (Å²) in [5, 5.41) is 3.47. The molecule has 1 amide bonds. The van der Waals surface area contributed by atoms with E-state index in [9.17, 15) is 18.0 Å². The number of aromatic nitrogens is 2. The highest BCUT2D eigenvalue weighted by Gasteiger charge is 2.30. The molecular weight excluding hydrogens is 351 g/mol. The predicted octanol–water partition coefficient (Wildman–Crippen LogP) is 4.04. The smallest absolute Gasteiger partial charge is 0.353 e. The Morgan fingerprint density at radius 3 is 2.80 bits per heavy atom. The molecule has 3 rings (SSSR count). The summed E-state index contributed by atoms with van der Waals surface area (Å²) in [5.74, 6) is 0.113. The van der Waals surface area contributed by atoms with Crippen molar-refractivity contribution in [2.75, 3.05) is 5.75 Å². The van der Waals surface area contributed by atoms with E-state index in [2.05, 4.69) is 10.3 Å². The zero-order valence-corrected chi connectivity index (χ0v) is 14.2. The van der Waals surface area contributed by atoms with Crippen LogP contribution in [-0.2, 0) is 11.0 Å². The van der Waals surface area contributed by atoms with Crippen molar-refractivity contribution < 1.29 is 18.0 Å². The van der Waals surface area contributed by atoms with Gasteiger partial charge in [-0.1, -0.05) is 30.7 Å². The van der Waals surface area contributed by atoms with Crippen LogP contribution in [-0.4, -0.2) is 27.3 Å². The van der Waals surface area contributed by atoms with Gasteiger partial charge in [-0.15, -0.1) is 0 Å². The van der Waals surface area contributed by atoms with Gasteiger partial charge in [0.15, 0.2) is 5.16 Å². The van der Waals surface area contributed by atoms with Gasteiger partial charge in [0, 0.05) is 24.1 Å². The normalized spacial score (nSPS) is 15.5. The molecule has 1 aromatic heterocycles. The van der Waals surface area contributed by atoms with Crippen molar-refractivity contribution in [3.8, 4) is 5.69 Å². The summed E-state index contributed by atoms with van der Waals surface area (Å²) < 4.78 is 40.2. The second kappa shape index (κ2) is 7.51. The lowest BCUT2D eigenvalue weighted by Gasteiger charge is -2.13. The standard InChI is InChI=1S/C17H18F3N3OS/c18-17(19,20)12-4-3-7-14(10-12)23-9-8-21-16(23)25-11-15(24)22-13-5-1-2-6-13/h3-4,7-10,13H,1-2,5-6,11H2,(H,22,24). The Bertz CT molecular complexity index is 739. The van der Waals surface area contributed by atoms with Crippen molar-refractivity contribution in [1.82, 2.24) is 14.9 Å². The molecule has 1 aromatic carbocycles. The molecule has 0 aliphatic heterocycles. The Hall–Kier alpha value is -1.96. The van der Waals surface area contributed by atoms with E-state index in [1.54, 1.807) is 16.8 Å². The van der Waals surface area contributed by atoms with Gasteiger partial charge >= 0.3 is 6.18 Å². The van der Waals surface area contributed by atoms with E-state index in [1.807, 2.05) is 0 Å². The molecule has 134 valence electrons. The number of rotatable bonds is 5. The number of imidazole rings is 1. The first-order chi connectivity index (χ1) is 11.9. The van der Waals surface area contributed by atoms with Crippen molar-refractivity contribution >= 4 is 17.7 Å². The van der Waals surface area contributed by atoms with Crippen LogP contribution in [0.25, 0.3) is 5.69 Å². The monoisotopic (exact) mass is 369 g/mol. The summed E-state index contributed by atoms with van der Waals surface area (Å²) in [5.41, 5.74) is -0.348. The first kappa shape index (κ1) is 17.8. The van der Waals surface area contributed by atoms with E-state index in [-0.39, 0.29) is 17.7 Å². The second-order valence-electron chi connectivity index (χ2n) is 5.97. The first-order valence-corrected chi connectivity index (χ1v) is 9.05. The van der Waals surface area contributed by atoms with Gasteiger partial charge in [-0.2, -0.15) is 13.2 Å². The molecule has 25 heavy (non-hydrogen) atoms. The fraction of sp³-hybridized carbons (Fsp3) is 0.412. The molecular formula is C17H18F3N3OS. The molecule has 1 saturated carbocycles. The van der Waals surface area contributed by atoms with Gasteiger partial charge in [-0.05, 0) is 31.0 Å². The molecule has 1 heterocycles. The lowest BCUT2D eigenvalue weighted by molar-refractivity contribution is -0.137. The number of benzene rings is 1. The number of thioether (sulfide) groups is 1. The fourth-order valence-corrected chi connectivity index (χ4v) is 3.68. The number of amides is 1. The number of alkyl halides is 3. The highest BCUT2D eigenvalue weighted by atomic mass is 32.2. The first-order valence-electron chi connectivity index (χ1n) is 8.06. The third-order valence-corrected chi connectivity index (χ3v) is 5.08. The average molecular weight is 369 g/mol. The molecule has 1 aliphatic carbocycles. The van der Waals surface area contributed by atoms with Crippen LogP contribution in [0.1, 0.15) is 31.2 Å². The van der Waals surface area contributed by atoms with Gasteiger partial charge in [0.25, 0.3) is 0 Å². The number of carbonyl (C=O) groups excluding carboxylic acids is 1. The minimum Gasteiger partial charge on any atom is -0.353 e. The average Bonchev–Trinajstić information content (AvgIpc) is 3.23. The number of nitrogens with one attached hydrogen (secondary N) is 1. The minimum absolute atomic E-state index is 0.0736. The molecule has 1 aliphatic rings. The van der Waals surface area contributed by atoms with Crippen LogP contribution in [0.2, 0.25) is 0 Å². The molecule has 0 spiro atoms. The molecule has 0 unspecified atom stereocenters. The maximum atomic E-state index is 12.9. The summed E-state index contributed by atoms with van der Waals surface area (Å²) in [7, 11) is 0. The summed E-state index contributed by atoms with van der Waals surface area (Å²) >= 11 is 1.21. The van der Waals surface area contributed by atoms with E-state index < -0.39 is 11.7 Å². The number of hydrogen-bond donors (Lipinski definition) is 1. The summed E-state index contributed by atoms with van der Waals surface area (Å²) in [6.07, 6.45) is 3.00. The molecule has 0 saturated heterocycles. The van der Waals surface area contributed by atoms with Crippen LogP contribution in [0.5, 0.6) is 0 Å². The van der Waals surface area contributed by atoms with E-state index in [0.29, 0.717) is 10.8 Å². The van der Waals surface area contributed by atoms with E-state index in [4.69, 9.17) is 0 Å². The fourth-order valence-electron chi connectivity index (χ4n) is 2.89. The Kier molecular flexibility index (Phi) is 5.36.